The molecule has 1 aliphatic carbocycles. The van der Waals surface area contributed by atoms with Crippen LogP contribution in [0.2, 0.25) is 0 Å². The van der Waals surface area contributed by atoms with Crippen molar-refractivity contribution in [3.8, 4) is 23.0 Å². The van der Waals surface area contributed by atoms with Crippen LogP contribution in [0.4, 0.5) is 5.69 Å². The highest BCUT2D eigenvalue weighted by molar-refractivity contribution is 5.98. The highest BCUT2D eigenvalue weighted by Gasteiger charge is 2.42. The maximum Gasteiger partial charge on any atom is 0.227 e. The molecule has 1 aliphatic heterocycles. The molecule has 37 heavy (non-hydrogen) atoms. The third-order valence-electron chi connectivity index (χ3n) is 7.52. The summed E-state index contributed by atoms with van der Waals surface area (Å²) in [7, 11) is 6.25. The van der Waals surface area contributed by atoms with Crippen molar-refractivity contribution in [2.24, 2.45) is 5.92 Å². The molecule has 2 aromatic carbocycles. The molecule has 1 saturated carbocycles. The number of benzene rings is 2. The molecule has 2 aromatic rings. The summed E-state index contributed by atoms with van der Waals surface area (Å²) in [4.78, 5) is 29.0. The standard InChI is InChI=1S/C29H38N2O6/c1-34-22-13-11-19(12-14-22)27-23(29(33)30-20-9-7-5-6-8-10-20)15-16-26(32)31(27)21-17-24(35-2)28(37-4)25(18-21)36-3/h11-14,17-18,20,23,27H,5-10,15-16H2,1-4H3,(H,30,33)/t23-,27+/m1/s1. The lowest BCUT2D eigenvalue weighted by molar-refractivity contribution is -0.130. The highest BCUT2D eigenvalue weighted by atomic mass is 16.5. The minimum atomic E-state index is -0.499. The van der Waals surface area contributed by atoms with Gasteiger partial charge in [0.25, 0.3) is 0 Å². The van der Waals surface area contributed by atoms with E-state index in [1.54, 1.807) is 45.5 Å². The molecule has 8 nitrogen and oxygen atoms in total. The predicted molar refractivity (Wildman–Crippen MR) is 142 cm³/mol. The lowest BCUT2D eigenvalue weighted by atomic mass is 9.82. The first kappa shape index (κ1) is 26.6. The lowest BCUT2D eigenvalue weighted by Crippen LogP contribution is -2.50. The van der Waals surface area contributed by atoms with Crippen molar-refractivity contribution in [2.75, 3.05) is 33.3 Å². The van der Waals surface area contributed by atoms with E-state index in [0.717, 1.165) is 31.2 Å². The largest absolute Gasteiger partial charge is 0.497 e. The third kappa shape index (κ3) is 5.78. The van der Waals surface area contributed by atoms with Gasteiger partial charge in [-0.3, -0.25) is 9.59 Å². The van der Waals surface area contributed by atoms with Gasteiger partial charge in [-0.1, -0.05) is 37.8 Å². The monoisotopic (exact) mass is 510 g/mol. The summed E-state index contributed by atoms with van der Waals surface area (Å²) in [5.74, 6) is 1.58. The van der Waals surface area contributed by atoms with E-state index in [9.17, 15) is 9.59 Å². The van der Waals surface area contributed by atoms with Gasteiger partial charge in [-0.15, -0.1) is 0 Å². The van der Waals surface area contributed by atoms with Gasteiger partial charge in [0.2, 0.25) is 17.6 Å². The van der Waals surface area contributed by atoms with Crippen LogP contribution in [0.25, 0.3) is 0 Å². The van der Waals surface area contributed by atoms with Crippen molar-refractivity contribution in [3.05, 3.63) is 42.0 Å². The molecule has 200 valence electrons. The van der Waals surface area contributed by atoms with Crippen LogP contribution < -0.4 is 29.2 Å². The van der Waals surface area contributed by atoms with Crippen molar-refractivity contribution in [1.29, 1.82) is 0 Å². The Bertz CT molecular complexity index is 1050. The summed E-state index contributed by atoms with van der Waals surface area (Å²) >= 11 is 0. The van der Waals surface area contributed by atoms with E-state index in [1.807, 2.05) is 24.3 Å². The number of carbonyl (C=O) groups excluding carboxylic acids is 2. The molecule has 4 rings (SSSR count). The van der Waals surface area contributed by atoms with E-state index >= 15 is 0 Å². The predicted octanol–water partition coefficient (Wildman–Crippen LogP) is 5.04. The molecule has 1 heterocycles. The van der Waals surface area contributed by atoms with E-state index < -0.39 is 12.0 Å². The average Bonchev–Trinajstić information content (AvgIpc) is 3.20. The Morgan fingerprint density at radius 1 is 0.838 bits per heavy atom. The number of methoxy groups -OCH3 is 4. The van der Waals surface area contributed by atoms with Gasteiger partial charge in [0, 0.05) is 24.6 Å². The number of hydrogen-bond donors (Lipinski definition) is 1. The van der Waals surface area contributed by atoms with Crippen LogP contribution in [-0.2, 0) is 9.59 Å². The number of rotatable bonds is 8. The molecule has 0 radical (unpaired) electrons. The number of ether oxygens (including phenoxy) is 4. The molecule has 1 saturated heterocycles. The molecule has 2 atom stereocenters. The zero-order chi connectivity index (χ0) is 26.4. The molecular weight excluding hydrogens is 472 g/mol. The summed E-state index contributed by atoms with van der Waals surface area (Å²) in [6, 6.07) is 10.8. The smallest absolute Gasteiger partial charge is 0.227 e. The lowest BCUT2D eigenvalue weighted by Gasteiger charge is -2.41. The minimum absolute atomic E-state index is 0.00217. The van der Waals surface area contributed by atoms with Crippen LogP contribution in [0.1, 0.15) is 63.0 Å². The van der Waals surface area contributed by atoms with Crippen LogP contribution in [0.5, 0.6) is 23.0 Å². The molecule has 2 fully saturated rings. The van der Waals surface area contributed by atoms with Gasteiger partial charge in [0.1, 0.15) is 5.75 Å². The highest BCUT2D eigenvalue weighted by Crippen LogP contribution is 2.46. The Labute approximate surface area is 219 Å². The van der Waals surface area contributed by atoms with Gasteiger partial charge in [0.05, 0.1) is 46.1 Å². The number of hydrogen-bond acceptors (Lipinski definition) is 6. The molecule has 8 heteroatoms. The maximum absolute atomic E-state index is 13.8. The van der Waals surface area contributed by atoms with Crippen LogP contribution in [0.15, 0.2) is 36.4 Å². The van der Waals surface area contributed by atoms with Gasteiger partial charge in [-0.05, 0) is 37.0 Å². The van der Waals surface area contributed by atoms with Crippen LogP contribution >= 0.6 is 0 Å². The van der Waals surface area contributed by atoms with Gasteiger partial charge in [-0.25, -0.2) is 0 Å². The number of nitrogens with one attached hydrogen (secondary N) is 1. The Morgan fingerprint density at radius 2 is 1.46 bits per heavy atom. The summed E-state index contributed by atoms with van der Waals surface area (Å²) in [5, 5.41) is 3.33. The first-order valence-electron chi connectivity index (χ1n) is 13.1. The minimum Gasteiger partial charge on any atom is -0.497 e. The summed E-state index contributed by atoms with van der Waals surface area (Å²) < 4.78 is 22.0. The summed E-state index contributed by atoms with van der Waals surface area (Å²) in [5.41, 5.74) is 1.45. The molecular formula is C29H38N2O6. The second-order valence-corrected chi connectivity index (χ2v) is 9.71. The second kappa shape index (κ2) is 12.2. The van der Waals surface area contributed by atoms with Crippen molar-refractivity contribution < 1.29 is 28.5 Å². The van der Waals surface area contributed by atoms with E-state index in [2.05, 4.69) is 5.32 Å². The molecule has 0 aromatic heterocycles. The third-order valence-corrected chi connectivity index (χ3v) is 7.52. The van der Waals surface area contributed by atoms with Crippen molar-refractivity contribution in [3.63, 3.8) is 0 Å². The van der Waals surface area contributed by atoms with Crippen LogP contribution in [-0.4, -0.2) is 46.3 Å². The quantitative estimate of drug-likeness (QED) is 0.501. The number of anilines is 1. The Kier molecular flexibility index (Phi) is 8.79. The van der Waals surface area contributed by atoms with E-state index in [-0.39, 0.29) is 24.3 Å². The first-order valence-corrected chi connectivity index (χ1v) is 13.1. The number of carbonyl (C=O) groups is 2. The van der Waals surface area contributed by atoms with Crippen molar-refractivity contribution in [1.82, 2.24) is 5.32 Å². The first-order chi connectivity index (χ1) is 18.0. The number of piperidine rings is 1. The van der Waals surface area contributed by atoms with Gasteiger partial charge < -0.3 is 29.2 Å². The summed E-state index contributed by atoms with van der Waals surface area (Å²) in [6.45, 7) is 0. The number of nitrogens with zero attached hydrogens (tertiary/aromatic N) is 1. The second-order valence-electron chi connectivity index (χ2n) is 9.71. The van der Waals surface area contributed by atoms with Crippen molar-refractivity contribution in [2.45, 2.75) is 63.5 Å². The SMILES string of the molecule is COc1ccc([C@H]2[C@H](C(=O)NC3CCCCCC3)CCC(=O)N2c2cc(OC)c(OC)c(OC)c2)cc1. The van der Waals surface area contributed by atoms with Gasteiger partial charge in [0.15, 0.2) is 11.5 Å². The zero-order valence-electron chi connectivity index (χ0n) is 22.2. The number of amides is 2. The Morgan fingerprint density at radius 3 is 2.00 bits per heavy atom. The zero-order valence-corrected chi connectivity index (χ0v) is 22.2. The average molecular weight is 511 g/mol. The molecule has 0 unspecified atom stereocenters. The van der Waals surface area contributed by atoms with Crippen LogP contribution in [0, 0.1) is 5.92 Å². The fourth-order valence-corrected chi connectivity index (χ4v) is 5.59. The Balaban J connectivity index is 1.76. The molecule has 0 bridgehead atoms. The fourth-order valence-electron chi connectivity index (χ4n) is 5.59. The van der Waals surface area contributed by atoms with E-state index in [4.69, 9.17) is 18.9 Å². The van der Waals surface area contributed by atoms with Crippen LogP contribution in [0.3, 0.4) is 0 Å². The summed E-state index contributed by atoms with van der Waals surface area (Å²) in [6.07, 6.45) is 7.45. The van der Waals surface area contributed by atoms with E-state index in [1.165, 1.54) is 12.8 Å². The molecule has 0 spiro atoms. The molecule has 2 amide bonds. The molecule has 1 N–H and O–H groups in total. The van der Waals surface area contributed by atoms with Crippen molar-refractivity contribution >= 4 is 17.5 Å². The Hall–Kier alpha value is -3.42. The van der Waals surface area contributed by atoms with Gasteiger partial charge >= 0.3 is 0 Å². The topological polar surface area (TPSA) is 86.3 Å². The normalized spacial score (nSPS) is 20.6. The maximum atomic E-state index is 13.8. The fraction of sp³-hybridized carbons (Fsp3) is 0.517. The molecule has 2 aliphatic rings. The van der Waals surface area contributed by atoms with Gasteiger partial charge in [-0.2, -0.15) is 0 Å². The van der Waals surface area contributed by atoms with E-state index in [0.29, 0.717) is 35.1 Å².